The molecule has 0 fully saturated rings. The molecule has 0 radical (unpaired) electrons. The van der Waals surface area contributed by atoms with E-state index in [0.29, 0.717) is 13.1 Å². The molecule has 1 rings (SSSR count). The molecule has 0 saturated heterocycles. The number of nitrogens with zero attached hydrogens (tertiary/aromatic N) is 3. The van der Waals surface area contributed by atoms with Crippen LogP contribution in [0.5, 0.6) is 0 Å². The van der Waals surface area contributed by atoms with Gasteiger partial charge in [-0.05, 0) is 7.05 Å². The van der Waals surface area contributed by atoms with Gasteiger partial charge in [-0.15, -0.1) is 5.10 Å². The average molecular weight is 194 g/mol. The number of hydrogen-bond donors (Lipinski definition) is 1. The quantitative estimate of drug-likeness (QED) is 0.762. The standard InChI is InChI=1S/C6H9F3N4/c1-10-2-3-13-4-11-5(12-13)6(7,8)9/h4,10H,2-3H2,1H3. The Morgan fingerprint density at radius 3 is 2.69 bits per heavy atom. The van der Waals surface area contributed by atoms with Crippen molar-refractivity contribution in [1.82, 2.24) is 20.1 Å². The molecule has 0 bridgehead atoms. The fraction of sp³-hybridized carbons (Fsp3) is 0.667. The Balaban J connectivity index is 2.64. The minimum absolute atomic E-state index is 0.375. The molecule has 13 heavy (non-hydrogen) atoms. The lowest BCUT2D eigenvalue weighted by Gasteiger charge is -2.00. The number of hydrogen-bond acceptors (Lipinski definition) is 3. The molecule has 4 nitrogen and oxygen atoms in total. The van der Waals surface area contributed by atoms with E-state index in [0.717, 1.165) is 11.0 Å². The fourth-order valence-corrected chi connectivity index (χ4v) is 0.759. The minimum Gasteiger partial charge on any atom is -0.318 e. The molecule has 1 aromatic heterocycles. The van der Waals surface area contributed by atoms with E-state index < -0.39 is 12.0 Å². The zero-order valence-corrected chi connectivity index (χ0v) is 6.97. The van der Waals surface area contributed by atoms with Gasteiger partial charge in [0.05, 0.1) is 6.54 Å². The van der Waals surface area contributed by atoms with Gasteiger partial charge in [-0.2, -0.15) is 13.2 Å². The van der Waals surface area contributed by atoms with Gasteiger partial charge in [0, 0.05) is 6.54 Å². The van der Waals surface area contributed by atoms with Crippen LogP contribution in [0.1, 0.15) is 5.82 Å². The second kappa shape index (κ2) is 3.73. The third-order valence-electron chi connectivity index (χ3n) is 1.38. The van der Waals surface area contributed by atoms with Crippen LogP contribution in [-0.2, 0) is 12.7 Å². The lowest BCUT2D eigenvalue weighted by molar-refractivity contribution is -0.145. The summed E-state index contributed by atoms with van der Waals surface area (Å²) in [6, 6.07) is 0. The Morgan fingerprint density at radius 2 is 2.23 bits per heavy atom. The minimum atomic E-state index is -4.45. The Bertz CT molecular complexity index is 267. The molecule has 0 spiro atoms. The molecule has 0 aliphatic rings. The van der Waals surface area contributed by atoms with Crippen molar-refractivity contribution >= 4 is 0 Å². The van der Waals surface area contributed by atoms with Gasteiger partial charge in [-0.3, -0.25) is 4.68 Å². The van der Waals surface area contributed by atoms with Crippen molar-refractivity contribution in [2.75, 3.05) is 13.6 Å². The van der Waals surface area contributed by atoms with Gasteiger partial charge in [0.2, 0.25) is 0 Å². The molecule has 0 saturated carbocycles. The maximum atomic E-state index is 12.0. The molecule has 0 atom stereocenters. The molecule has 0 amide bonds. The van der Waals surface area contributed by atoms with E-state index in [9.17, 15) is 13.2 Å². The highest BCUT2D eigenvalue weighted by atomic mass is 19.4. The van der Waals surface area contributed by atoms with E-state index in [4.69, 9.17) is 0 Å². The van der Waals surface area contributed by atoms with Crippen molar-refractivity contribution < 1.29 is 13.2 Å². The summed E-state index contributed by atoms with van der Waals surface area (Å²) in [4.78, 5) is 3.14. The molecular formula is C6H9F3N4. The molecule has 0 aromatic carbocycles. The number of alkyl halides is 3. The third kappa shape index (κ3) is 2.69. The molecule has 0 unspecified atom stereocenters. The monoisotopic (exact) mass is 194 g/mol. The Labute approximate surface area is 72.8 Å². The van der Waals surface area contributed by atoms with Crippen LogP contribution < -0.4 is 5.32 Å². The fourth-order valence-electron chi connectivity index (χ4n) is 0.759. The maximum absolute atomic E-state index is 12.0. The van der Waals surface area contributed by atoms with Crippen molar-refractivity contribution in [1.29, 1.82) is 0 Å². The summed E-state index contributed by atoms with van der Waals surface area (Å²) < 4.78 is 37.1. The zero-order valence-electron chi connectivity index (χ0n) is 6.97. The maximum Gasteiger partial charge on any atom is 0.453 e. The molecule has 0 aliphatic carbocycles. The van der Waals surface area contributed by atoms with E-state index in [1.807, 2.05) is 0 Å². The van der Waals surface area contributed by atoms with E-state index in [-0.39, 0.29) is 0 Å². The molecule has 7 heteroatoms. The first-order valence-corrected chi connectivity index (χ1v) is 3.65. The van der Waals surface area contributed by atoms with Crippen LogP contribution >= 0.6 is 0 Å². The summed E-state index contributed by atoms with van der Waals surface area (Å²) in [5.74, 6) is -1.09. The Morgan fingerprint density at radius 1 is 1.54 bits per heavy atom. The lowest BCUT2D eigenvalue weighted by atomic mass is 10.6. The lowest BCUT2D eigenvalue weighted by Crippen LogP contribution is -2.16. The van der Waals surface area contributed by atoms with Gasteiger partial charge in [-0.1, -0.05) is 0 Å². The first-order valence-electron chi connectivity index (χ1n) is 3.65. The van der Waals surface area contributed by atoms with E-state index in [2.05, 4.69) is 15.4 Å². The van der Waals surface area contributed by atoms with Crippen LogP contribution in [0.4, 0.5) is 13.2 Å². The van der Waals surface area contributed by atoms with E-state index >= 15 is 0 Å². The summed E-state index contributed by atoms with van der Waals surface area (Å²) in [5.41, 5.74) is 0. The van der Waals surface area contributed by atoms with Crippen molar-refractivity contribution in [3.05, 3.63) is 12.2 Å². The smallest absolute Gasteiger partial charge is 0.318 e. The Kier molecular flexibility index (Phi) is 2.86. The third-order valence-corrected chi connectivity index (χ3v) is 1.38. The predicted octanol–water partition coefficient (Wildman–Crippen LogP) is 0.516. The SMILES string of the molecule is CNCCn1cnc(C(F)(F)F)n1. The average Bonchev–Trinajstić information content (AvgIpc) is 2.47. The van der Waals surface area contributed by atoms with Crippen LogP contribution in [0, 0.1) is 0 Å². The van der Waals surface area contributed by atoms with Crippen LogP contribution in [0.25, 0.3) is 0 Å². The summed E-state index contributed by atoms with van der Waals surface area (Å²) in [5, 5.41) is 6.05. The number of aromatic nitrogens is 3. The Hall–Kier alpha value is -1.11. The molecule has 1 aromatic rings. The van der Waals surface area contributed by atoms with Crippen molar-refractivity contribution in [3.8, 4) is 0 Å². The molecule has 0 aliphatic heterocycles. The summed E-state index contributed by atoms with van der Waals surface area (Å²) in [6.45, 7) is 0.931. The highest BCUT2D eigenvalue weighted by Gasteiger charge is 2.35. The molecule has 1 N–H and O–H groups in total. The zero-order chi connectivity index (χ0) is 9.90. The number of rotatable bonds is 3. The van der Waals surface area contributed by atoms with Gasteiger partial charge < -0.3 is 5.32 Å². The second-order valence-electron chi connectivity index (χ2n) is 2.43. The van der Waals surface area contributed by atoms with Gasteiger partial charge >= 0.3 is 6.18 Å². The summed E-state index contributed by atoms with van der Waals surface area (Å²) in [6.07, 6.45) is -3.38. The number of halogens is 3. The number of likely N-dealkylation sites (N-methyl/N-ethyl adjacent to an activating group) is 1. The van der Waals surface area contributed by atoms with Gasteiger partial charge in [0.25, 0.3) is 5.82 Å². The van der Waals surface area contributed by atoms with Crippen LogP contribution in [0.2, 0.25) is 0 Å². The normalized spacial score (nSPS) is 12.0. The van der Waals surface area contributed by atoms with E-state index in [1.165, 1.54) is 0 Å². The first kappa shape index (κ1) is 9.97. The number of nitrogens with one attached hydrogen (secondary N) is 1. The van der Waals surface area contributed by atoms with Crippen LogP contribution in [-0.4, -0.2) is 28.4 Å². The topological polar surface area (TPSA) is 42.7 Å². The van der Waals surface area contributed by atoms with Crippen molar-refractivity contribution in [2.24, 2.45) is 0 Å². The van der Waals surface area contributed by atoms with Gasteiger partial charge in [-0.25, -0.2) is 4.98 Å². The predicted molar refractivity (Wildman–Crippen MR) is 39.0 cm³/mol. The highest BCUT2D eigenvalue weighted by Crippen LogP contribution is 2.25. The highest BCUT2D eigenvalue weighted by molar-refractivity contribution is 4.87. The first-order chi connectivity index (χ1) is 6.04. The van der Waals surface area contributed by atoms with Crippen LogP contribution in [0.15, 0.2) is 6.33 Å². The van der Waals surface area contributed by atoms with Crippen LogP contribution in [0.3, 0.4) is 0 Å². The summed E-state index contributed by atoms with van der Waals surface area (Å²) >= 11 is 0. The van der Waals surface area contributed by atoms with Gasteiger partial charge in [0.1, 0.15) is 6.33 Å². The van der Waals surface area contributed by atoms with Gasteiger partial charge in [0.15, 0.2) is 0 Å². The second-order valence-corrected chi connectivity index (χ2v) is 2.43. The van der Waals surface area contributed by atoms with Crippen molar-refractivity contribution in [3.63, 3.8) is 0 Å². The molecule has 1 heterocycles. The molecule has 74 valence electrons. The molecular weight excluding hydrogens is 185 g/mol. The summed E-state index contributed by atoms with van der Waals surface area (Å²) in [7, 11) is 1.71. The van der Waals surface area contributed by atoms with E-state index in [1.54, 1.807) is 7.05 Å². The van der Waals surface area contributed by atoms with Crippen molar-refractivity contribution in [2.45, 2.75) is 12.7 Å². The largest absolute Gasteiger partial charge is 0.453 e.